The molecule has 0 radical (unpaired) electrons. The molecule has 0 unspecified atom stereocenters. The highest BCUT2D eigenvalue weighted by molar-refractivity contribution is 9.10. The fraction of sp³-hybridized carbons (Fsp3) is 0.0625. The Bertz CT molecular complexity index is 1750. The van der Waals surface area contributed by atoms with Gasteiger partial charge in [-0.25, -0.2) is 9.29 Å². The number of nitrogens with one attached hydrogen (secondary N) is 2. The monoisotopic (exact) mass is 721 g/mol. The average molecular weight is 723 g/mol. The summed E-state index contributed by atoms with van der Waals surface area (Å²) in [5, 5.41) is 4.66. The van der Waals surface area contributed by atoms with Crippen LogP contribution in [0.25, 0.3) is 6.08 Å². The van der Waals surface area contributed by atoms with Crippen molar-refractivity contribution in [3.8, 4) is 0 Å². The van der Waals surface area contributed by atoms with E-state index < -0.39 is 22.9 Å². The van der Waals surface area contributed by atoms with E-state index in [2.05, 4.69) is 42.5 Å². The van der Waals surface area contributed by atoms with Gasteiger partial charge in [0.2, 0.25) is 11.8 Å². The molecule has 1 saturated heterocycles. The summed E-state index contributed by atoms with van der Waals surface area (Å²) in [6.07, 6.45) is 1.52. The summed E-state index contributed by atoms with van der Waals surface area (Å²) in [6, 6.07) is 26.3. The normalized spacial score (nSPS) is 15.0. The average Bonchev–Trinajstić information content (AvgIpc) is 3.26. The molecule has 11 heteroatoms. The van der Waals surface area contributed by atoms with Crippen LogP contribution in [0.15, 0.2) is 117 Å². The van der Waals surface area contributed by atoms with Gasteiger partial charge >= 0.3 is 0 Å². The van der Waals surface area contributed by atoms with Crippen LogP contribution < -0.4 is 15.5 Å². The summed E-state index contributed by atoms with van der Waals surface area (Å²) in [6.45, 7) is 0. The predicted octanol–water partition coefficient (Wildman–Crippen LogP) is 7.18. The fourth-order valence-electron chi connectivity index (χ4n) is 4.29. The van der Waals surface area contributed by atoms with Crippen LogP contribution in [0.4, 0.5) is 15.8 Å². The van der Waals surface area contributed by atoms with Crippen LogP contribution in [0, 0.1) is 5.82 Å². The molecule has 1 heterocycles. The van der Waals surface area contributed by atoms with Gasteiger partial charge in [-0.05, 0) is 78.4 Å². The SMILES string of the molecule is O=C(Nc1cccc(S[C@@H]2CC(=O)N(c3ccc(Br)cc3)C2=O)c1)/C(=C/c1ccc(Br)cc1)NC(=O)c1ccccc1F. The molecular formula is C32H22Br2FN3O4S. The highest BCUT2D eigenvalue weighted by Gasteiger charge is 2.40. The summed E-state index contributed by atoms with van der Waals surface area (Å²) in [4.78, 5) is 53.9. The summed E-state index contributed by atoms with van der Waals surface area (Å²) in [7, 11) is 0. The Labute approximate surface area is 267 Å². The molecule has 1 aliphatic rings. The zero-order valence-electron chi connectivity index (χ0n) is 22.2. The van der Waals surface area contributed by atoms with Crippen molar-refractivity contribution in [2.75, 3.05) is 10.2 Å². The Hall–Kier alpha value is -4.06. The lowest BCUT2D eigenvalue weighted by molar-refractivity contribution is -0.121. The molecule has 43 heavy (non-hydrogen) atoms. The number of amides is 4. The Morgan fingerprint density at radius 1 is 0.884 bits per heavy atom. The maximum absolute atomic E-state index is 14.3. The number of nitrogens with zero attached hydrogens (tertiary/aromatic N) is 1. The van der Waals surface area contributed by atoms with Crippen LogP contribution in [-0.2, 0) is 14.4 Å². The summed E-state index contributed by atoms with van der Waals surface area (Å²) in [5.41, 5.74) is 1.23. The van der Waals surface area contributed by atoms with Gasteiger partial charge in [0.15, 0.2) is 0 Å². The number of carbonyl (C=O) groups excluding carboxylic acids is 4. The van der Waals surface area contributed by atoms with Crippen molar-refractivity contribution in [3.63, 3.8) is 0 Å². The molecule has 4 aromatic carbocycles. The molecule has 216 valence electrons. The van der Waals surface area contributed by atoms with Crippen LogP contribution in [0.5, 0.6) is 0 Å². The number of thioether (sulfide) groups is 1. The number of carbonyl (C=O) groups is 4. The van der Waals surface area contributed by atoms with E-state index in [1.807, 2.05) is 0 Å². The smallest absolute Gasteiger partial charge is 0.272 e. The van der Waals surface area contributed by atoms with Crippen LogP contribution >= 0.6 is 43.6 Å². The Morgan fingerprint density at radius 2 is 1.56 bits per heavy atom. The number of rotatable bonds is 8. The Kier molecular flexibility index (Phi) is 9.54. The number of imide groups is 1. The first kappa shape index (κ1) is 30.4. The topological polar surface area (TPSA) is 95.6 Å². The van der Waals surface area contributed by atoms with E-state index in [0.717, 1.165) is 15.0 Å². The molecule has 0 spiro atoms. The predicted molar refractivity (Wildman–Crippen MR) is 172 cm³/mol. The van der Waals surface area contributed by atoms with Gasteiger partial charge < -0.3 is 10.6 Å². The van der Waals surface area contributed by atoms with E-state index in [1.54, 1.807) is 72.8 Å². The van der Waals surface area contributed by atoms with Gasteiger partial charge in [0.25, 0.3) is 11.8 Å². The zero-order chi connectivity index (χ0) is 30.5. The van der Waals surface area contributed by atoms with Gasteiger partial charge in [-0.15, -0.1) is 11.8 Å². The van der Waals surface area contributed by atoms with E-state index in [1.165, 1.54) is 40.9 Å². The van der Waals surface area contributed by atoms with Crippen molar-refractivity contribution in [1.82, 2.24) is 5.32 Å². The number of anilines is 2. The molecule has 1 fully saturated rings. The van der Waals surface area contributed by atoms with Crippen molar-refractivity contribution in [2.45, 2.75) is 16.6 Å². The fourth-order valence-corrected chi connectivity index (χ4v) is 5.93. The van der Waals surface area contributed by atoms with Crippen LogP contribution in [-0.4, -0.2) is 28.9 Å². The van der Waals surface area contributed by atoms with Gasteiger partial charge in [0.05, 0.1) is 16.5 Å². The molecule has 7 nitrogen and oxygen atoms in total. The van der Waals surface area contributed by atoms with Crippen LogP contribution in [0.1, 0.15) is 22.3 Å². The molecule has 0 saturated carbocycles. The minimum atomic E-state index is -0.777. The number of hydrogen-bond acceptors (Lipinski definition) is 5. The maximum Gasteiger partial charge on any atom is 0.272 e. The van der Waals surface area contributed by atoms with Crippen molar-refractivity contribution in [1.29, 1.82) is 0 Å². The molecule has 4 aromatic rings. The summed E-state index contributed by atoms with van der Waals surface area (Å²) >= 11 is 7.95. The first-order valence-electron chi connectivity index (χ1n) is 12.9. The third-order valence-corrected chi connectivity index (χ3v) is 8.59. The first-order chi connectivity index (χ1) is 20.7. The number of benzene rings is 4. The second kappa shape index (κ2) is 13.5. The molecule has 4 amide bonds. The molecule has 1 aliphatic heterocycles. The molecule has 2 N–H and O–H groups in total. The van der Waals surface area contributed by atoms with Crippen molar-refractivity contribution in [3.05, 3.63) is 129 Å². The lowest BCUT2D eigenvalue weighted by atomic mass is 10.1. The van der Waals surface area contributed by atoms with E-state index in [0.29, 0.717) is 21.8 Å². The molecule has 0 bridgehead atoms. The van der Waals surface area contributed by atoms with Crippen molar-refractivity contribution < 1.29 is 23.6 Å². The molecule has 0 aliphatic carbocycles. The van der Waals surface area contributed by atoms with Crippen molar-refractivity contribution in [2.24, 2.45) is 0 Å². The van der Waals surface area contributed by atoms with Crippen LogP contribution in [0.3, 0.4) is 0 Å². The van der Waals surface area contributed by atoms with E-state index in [9.17, 15) is 23.6 Å². The van der Waals surface area contributed by atoms with Gasteiger partial charge in [-0.2, -0.15) is 0 Å². The van der Waals surface area contributed by atoms with Gasteiger partial charge in [-0.1, -0.05) is 62.2 Å². The maximum atomic E-state index is 14.3. The molecular weight excluding hydrogens is 701 g/mol. The molecule has 0 aromatic heterocycles. The second-order valence-corrected chi connectivity index (χ2v) is 12.5. The third-order valence-electron chi connectivity index (χ3n) is 6.35. The van der Waals surface area contributed by atoms with Crippen molar-refractivity contribution >= 4 is 84.7 Å². The highest BCUT2D eigenvalue weighted by atomic mass is 79.9. The molecule has 5 rings (SSSR count). The highest BCUT2D eigenvalue weighted by Crippen LogP contribution is 2.35. The largest absolute Gasteiger partial charge is 0.321 e. The van der Waals surface area contributed by atoms with Gasteiger partial charge in [-0.3, -0.25) is 19.2 Å². The summed E-state index contributed by atoms with van der Waals surface area (Å²) in [5.74, 6) is -2.74. The van der Waals surface area contributed by atoms with Crippen LogP contribution in [0.2, 0.25) is 0 Å². The second-order valence-electron chi connectivity index (χ2n) is 9.38. The lowest BCUT2D eigenvalue weighted by Gasteiger charge is -2.15. The first-order valence-corrected chi connectivity index (χ1v) is 15.4. The van der Waals surface area contributed by atoms with E-state index in [-0.39, 0.29) is 29.5 Å². The Morgan fingerprint density at radius 3 is 2.26 bits per heavy atom. The Balaban J connectivity index is 1.33. The lowest BCUT2D eigenvalue weighted by Crippen LogP contribution is -2.31. The number of hydrogen-bond donors (Lipinski definition) is 2. The third kappa shape index (κ3) is 7.48. The standard InChI is InChI=1S/C32H22Br2FN3O4S/c33-20-10-8-19(9-11-20)16-27(37-30(40)25-6-1-2-7-26(25)35)31(41)36-22-4-3-5-24(17-22)43-28-18-29(39)38(32(28)42)23-14-12-21(34)13-15-23/h1-17,28H,18H2,(H,36,41)(H,37,40)/b27-16-/t28-/m1/s1. The minimum Gasteiger partial charge on any atom is -0.321 e. The quantitative estimate of drug-likeness (QED) is 0.148. The number of halogens is 3. The van der Waals surface area contributed by atoms with Gasteiger partial charge in [0.1, 0.15) is 11.5 Å². The molecule has 1 atom stereocenters. The van der Waals surface area contributed by atoms with E-state index in [4.69, 9.17) is 0 Å². The zero-order valence-corrected chi connectivity index (χ0v) is 26.2. The summed E-state index contributed by atoms with van der Waals surface area (Å²) < 4.78 is 15.9. The van der Waals surface area contributed by atoms with Gasteiger partial charge in [0, 0.05) is 25.9 Å². The van der Waals surface area contributed by atoms with E-state index >= 15 is 0 Å². The minimum absolute atomic E-state index is 0.0400.